The SMILES string of the molecule is Cc1cc(C(=O)Nc2ccc(Br)c([N+](=O)[O-])c2)on1. The van der Waals surface area contributed by atoms with E-state index in [1.165, 1.54) is 24.3 Å². The van der Waals surface area contributed by atoms with E-state index < -0.39 is 10.8 Å². The fourth-order valence-corrected chi connectivity index (χ4v) is 1.79. The number of aromatic nitrogens is 1. The highest BCUT2D eigenvalue weighted by molar-refractivity contribution is 9.10. The van der Waals surface area contributed by atoms with Crippen molar-refractivity contribution in [2.75, 3.05) is 5.32 Å². The van der Waals surface area contributed by atoms with Crippen molar-refractivity contribution >= 4 is 33.2 Å². The first kappa shape index (κ1) is 13.2. The maximum atomic E-state index is 11.8. The lowest BCUT2D eigenvalue weighted by Gasteiger charge is -2.03. The molecule has 0 atom stereocenters. The number of anilines is 1. The van der Waals surface area contributed by atoms with Crippen LogP contribution in [0.4, 0.5) is 11.4 Å². The molecule has 0 saturated carbocycles. The van der Waals surface area contributed by atoms with Crippen LogP contribution in [0.3, 0.4) is 0 Å². The van der Waals surface area contributed by atoms with Gasteiger partial charge in [-0.25, -0.2) is 0 Å². The Hall–Kier alpha value is -2.22. The van der Waals surface area contributed by atoms with E-state index in [9.17, 15) is 14.9 Å². The van der Waals surface area contributed by atoms with Gasteiger partial charge in [-0.05, 0) is 35.0 Å². The molecule has 0 bridgehead atoms. The standard InChI is InChI=1S/C11H8BrN3O4/c1-6-4-10(19-14-6)11(16)13-7-2-3-8(12)9(5-7)15(17)18/h2-5H,1H3,(H,13,16). The predicted molar refractivity (Wildman–Crippen MR) is 70.0 cm³/mol. The summed E-state index contributed by atoms with van der Waals surface area (Å²) < 4.78 is 5.13. The van der Waals surface area contributed by atoms with Crippen LogP contribution in [0.2, 0.25) is 0 Å². The topological polar surface area (TPSA) is 98.3 Å². The van der Waals surface area contributed by atoms with Crippen LogP contribution in [0.5, 0.6) is 0 Å². The molecular formula is C11H8BrN3O4. The fraction of sp³-hybridized carbons (Fsp3) is 0.0909. The second kappa shape index (κ2) is 5.19. The molecule has 1 heterocycles. The number of halogens is 1. The summed E-state index contributed by atoms with van der Waals surface area (Å²) in [5.41, 5.74) is 0.743. The Morgan fingerprint density at radius 3 is 2.79 bits per heavy atom. The molecule has 0 spiro atoms. The van der Waals surface area contributed by atoms with Gasteiger partial charge in [0.2, 0.25) is 5.76 Å². The van der Waals surface area contributed by atoms with Gasteiger partial charge in [-0.1, -0.05) is 5.16 Å². The van der Waals surface area contributed by atoms with Gasteiger partial charge in [-0.3, -0.25) is 14.9 Å². The number of rotatable bonds is 3. The van der Waals surface area contributed by atoms with Crippen LogP contribution in [-0.2, 0) is 0 Å². The largest absolute Gasteiger partial charge is 0.351 e. The minimum absolute atomic E-state index is 0.0445. The van der Waals surface area contributed by atoms with E-state index in [0.717, 1.165) is 0 Å². The van der Waals surface area contributed by atoms with Gasteiger partial charge in [0, 0.05) is 17.8 Å². The molecule has 0 unspecified atom stereocenters. The summed E-state index contributed by atoms with van der Waals surface area (Å²) in [6.45, 7) is 1.69. The second-order valence-electron chi connectivity index (χ2n) is 3.71. The molecule has 0 aliphatic carbocycles. The Bertz CT molecular complexity index is 653. The van der Waals surface area contributed by atoms with Gasteiger partial charge in [0.25, 0.3) is 11.6 Å². The molecule has 0 aliphatic heterocycles. The lowest BCUT2D eigenvalue weighted by molar-refractivity contribution is -0.385. The summed E-state index contributed by atoms with van der Waals surface area (Å²) in [7, 11) is 0. The molecule has 2 aromatic rings. The molecule has 0 aliphatic rings. The van der Waals surface area contributed by atoms with Crippen molar-refractivity contribution in [1.82, 2.24) is 5.16 Å². The highest BCUT2D eigenvalue weighted by Crippen LogP contribution is 2.28. The third kappa shape index (κ3) is 2.97. The van der Waals surface area contributed by atoms with Gasteiger partial charge in [0.05, 0.1) is 15.1 Å². The molecule has 7 nitrogen and oxygen atoms in total. The van der Waals surface area contributed by atoms with E-state index in [0.29, 0.717) is 15.9 Å². The number of nitrogens with one attached hydrogen (secondary N) is 1. The first-order valence-electron chi connectivity index (χ1n) is 5.16. The molecule has 19 heavy (non-hydrogen) atoms. The molecule has 1 aromatic heterocycles. The fourth-order valence-electron chi connectivity index (χ4n) is 1.39. The van der Waals surface area contributed by atoms with Gasteiger partial charge in [-0.15, -0.1) is 0 Å². The number of hydrogen-bond acceptors (Lipinski definition) is 5. The van der Waals surface area contributed by atoms with Crippen molar-refractivity contribution in [3.63, 3.8) is 0 Å². The van der Waals surface area contributed by atoms with Crippen LogP contribution < -0.4 is 5.32 Å². The first-order chi connectivity index (χ1) is 8.97. The van der Waals surface area contributed by atoms with Crippen LogP contribution in [0.15, 0.2) is 33.3 Å². The average molecular weight is 326 g/mol. The highest BCUT2D eigenvalue weighted by Gasteiger charge is 2.16. The predicted octanol–water partition coefficient (Wildman–Crippen LogP) is 2.91. The zero-order chi connectivity index (χ0) is 14.0. The Morgan fingerprint density at radius 2 is 2.21 bits per heavy atom. The zero-order valence-corrected chi connectivity index (χ0v) is 11.3. The van der Waals surface area contributed by atoms with Crippen LogP contribution in [0.25, 0.3) is 0 Å². The lowest BCUT2D eigenvalue weighted by Crippen LogP contribution is -2.11. The van der Waals surface area contributed by atoms with Gasteiger partial charge >= 0.3 is 0 Å². The monoisotopic (exact) mass is 325 g/mol. The number of amides is 1. The number of nitro groups is 1. The molecule has 0 fully saturated rings. The van der Waals surface area contributed by atoms with Crippen molar-refractivity contribution in [2.24, 2.45) is 0 Å². The van der Waals surface area contributed by atoms with E-state index in [1.54, 1.807) is 6.92 Å². The maximum absolute atomic E-state index is 11.8. The summed E-state index contributed by atoms with van der Waals surface area (Å²) in [5.74, 6) is -0.472. The van der Waals surface area contributed by atoms with Crippen molar-refractivity contribution in [3.05, 3.63) is 50.3 Å². The number of carbonyl (C=O) groups is 1. The van der Waals surface area contributed by atoms with Crippen molar-refractivity contribution in [1.29, 1.82) is 0 Å². The number of nitro benzene ring substituents is 1. The van der Waals surface area contributed by atoms with Crippen molar-refractivity contribution in [3.8, 4) is 0 Å². The molecule has 2 rings (SSSR count). The molecular weight excluding hydrogens is 318 g/mol. The molecule has 1 amide bonds. The Balaban J connectivity index is 2.22. The lowest BCUT2D eigenvalue weighted by atomic mass is 10.2. The Labute approximate surface area is 115 Å². The maximum Gasteiger partial charge on any atom is 0.294 e. The second-order valence-corrected chi connectivity index (χ2v) is 4.56. The molecule has 0 saturated heterocycles. The summed E-state index contributed by atoms with van der Waals surface area (Å²) in [4.78, 5) is 22.0. The molecule has 8 heteroatoms. The van der Waals surface area contributed by atoms with Crippen LogP contribution in [0.1, 0.15) is 16.2 Å². The quantitative estimate of drug-likeness (QED) is 0.691. The van der Waals surface area contributed by atoms with Gasteiger partial charge in [-0.2, -0.15) is 0 Å². The van der Waals surface area contributed by atoms with Crippen LogP contribution in [0, 0.1) is 17.0 Å². The van der Waals surface area contributed by atoms with Crippen molar-refractivity contribution < 1.29 is 14.2 Å². The summed E-state index contributed by atoms with van der Waals surface area (Å²) in [6.07, 6.45) is 0. The molecule has 0 radical (unpaired) electrons. The number of carbonyl (C=O) groups excluding carboxylic acids is 1. The number of benzene rings is 1. The van der Waals surface area contributed by atoms with Crippen LogP contribution in [-0.4, -0.2) is 16.0 Å². The highest BCUT2D eigenvalue weighted by atomic mass is 79.9. The third-order valence-electron chi connectivity index (χ3n) is 2.25. The zero-order valence-electron chi connectivity index (χ0n) is 9.71. The number of aryl methyl sites for hydroxylation is 1. The summed E-state index contributed by atoms with van der Waals surface area (Å²) in [5, 5.41) is 16.9. The minimum Gasteiger partial charge on any atom is -0.351 e. The Morgan fingerprint density at radius 1 is 1.47 bits per heavy atom. The molecule has 1 N–H and O–H groups in total. The average Bonchev–Trinajstić information content (AvgIpc) is 2.78. The summed E-state index contributed by atoms with van der Waals surface area (Å²) in [6, 6.07) is 5.76. The van der Waals surface area contributed by atoms with E-state index >= 15 is 0 Å². The van der Waals surface area contributed by atoms with Gasteiger partial charge < -0.3 is 9.84 Å². The van der Waals surface area contributed by atoms with E-state index in [2.05, 4.69) is 26.4 Å². The van der Waals surface area contributed by atoms with Crippen LogP contribution >= 0.6 is 15.9 Å². The minimum atomic E-state index is -0.543. The smallest absolute Gasteiger partial charge is 0.294 e. The van der Waals surface area contributed by atoms with E-state index in [-0.39, 0.29) is 11.4 Å². The number of hydrogen-bond donors (Lipinski definition) is 1. The van der Waals surface area contributed by atoms with Crippen molar-refractivity contribution in [2.45, 2.75) is 6.92 Å². The number of nitrogens with zero attached hydrogens (tertiary/aromatic N) is 2. The normalized spacial score (nSPS) is 10.2. The first-order valence-corrected chi connectivity index (χ1v) is 5.95. The third-order valence-corrected chi connectivity index (χ3v) is 2.92. The van der Waals surface area contributed by atoms with Gasteiger partial charge in [0.15, 0.2) is 0 Å². The Kier molecular flexibility index (Phi) is 3.61. The van der Waals surface area contributed by atoms with E-state index in [4.69, 9.17) is 4.52 Å². The molecule has 1 aromatic carbocycles. The summed E-state index contributed by atoms with van der Waals surface area (Å²) >= 11 is 3.06. The molecule has 98 valence electrons. The van der Waals surface area contributed by atoms with E-state index in [1.807, 2.05) is 0 Å². The van der Waals surface area contributed by atoms with Gasteiger partial charge in [0.1, 0.15) is 0 Å².